The average molecular weight is 396 g/mol. The Morgan fingerprint density at radius 3 is 2.27 bits per heavy atom. The minimum atomic E-state index is -1.11. The zero-order valence-corrected chi connectivity index (χ0v) is 16.7. The van der Waals surface area contributed by atoms with E-state index in [0.29, 0.717) is 21.1 Å². The van der Waals surface area contributed by atoms with Gasteiger partial charge in [-0.25, -0.2) is 9.37 Å². The molecule has 26 heavy (non-hydrogen) atoms. The molecule has 1 saturated heterocycles. The highest BCUT2D eigenvalue weighted by Crippen LogP contribution is 2.41. The van der Waals surface area contributed by atoms with E-state index in [1.54, 1.807) is 46.8 Å². The first-order valence-corrected chi connectivity index (χ1v) is 9.35. The van der Waals surface area contributed by atoms with E-state index in [9.17, 15) is 14.0 Å². The van der Waals surface area contributed by atoms with Crippen molar-refractivity contribution >= 4 is 34.5 Å². The summed E-state index contributed by atoms with van der Waals surface area (Å²) in [6, 6.07) is 4.33. The number of Topliss-reactive ketones (excluding diaryl/α,β-unsaturated/α-hetero) is 2. The maximum absolute atomic E-state index is 14.2. The minimum Gasteiger partial charge on any atom is -0.354 e. The fourth-order valence-electron chi connectivity index (χ4n) is 3.26. The zero-order valence-electron chi connectivity index (χ0n) is 15.1. The molecular weight excluding hydrogens is 377 g/mol. The molecule has 3 rings (SSSR count). The van der Waals surface area contributed by atoms with Crippen LogP contribution in [-0.4, -0.2) is 27.8 Å². The number of carbonyl (C=O) groups excluding carboxylic acids is 2. The fourth-order valence-corrected chi connectivity index (χ4v) is 4.39. The van der Waals surface area contributed by atoms with Gasteiger partial charge in [0.25, 0.3) is 0 Å². The Balaban J connectivity index is 2.11. The zero-order chi connectivity index (χ0) is 19.4. The minimum absolute atomic E-state index is 0.290. The molecular formula is C19H19ClFNO3S. The van der Waals surface area contributed by atoms with Crippen LogP contribution in [0.5, 0.6) is 0 Å². The standard InChI is InChI=1S/C19H19ClFNO3S/c1-9-14(13-15(23)18(2,3)25-19(4,5)16(13)24)22-17(26-9)11-7-6-10(20)8-12(11)21/h6-8,13H,1-5H3. The maximum Gasteiger partial charge on any atom is 0.180 e. The molecule has 0 bridgehead atoms. The summed E-state index contributed by atoms with van der Waals surface area (Å²) in [6.07, 6.45) is 0. The molecule has 2 heterocycles. The second-order valence-corrected chi connectivity index (χ2v) is 9.01. The molecule has 4 nitrogen and oxygen atoms in total. The molecule has 0 amide bonds. The lowest BCUT2D eigenvalue weighted by atomic mass is 9.76. The number of thiazole rings is 1. The summed E-state index contributed by atoms with van der Waals surface area (Å²) in [5, 5.41) is 0.701. The Kier molecular flexibility index (Phi) is 4.58. The summed E-state index contributed by atoms with van der Waals surface area (Å²) in [4.78, 5) is 30.9. The molecule has 0 atom stereocenters. The smallest absolute Gasteiger partial charge is 0.180 e. The third-order valence-corrected chi connectivity index (χ3v) is 5.74. The van der Waals surface area contributed by atoms with Gasteiger partial charge < -0.3 is 4.74 Å². The lowest BCUT2D eigenvalue weighted by Gasteiger charge is -2.42. The van der Waals surface area contributed by atoms with Crippen LogP contribution in [-0.2, 0) is 14.3 Å². The normalized spacial score (nSPS) is 19.8. The van der Waals surface area contributed by atoms with Crippen molar-refractivity contribution in [2.75, 3.05) is 0 Å². The van der Waals surface area contributed by atoms with Crippen LogP contribution >= 0.6 is 22.9 Å². The van der Waals surface area contributed by atoms with Crippen molar-refractivity contribution in [2.24, 2.45) is 0 Å². The Bertz CT molecular complexity index is 894. The number of ketones is 2. The number of hydrogen-bond donors (Lipinski definition) is 0. The van der Waals surface area contributed by atoms with Crippen molar-refractivity contribution in [1.82, 2.24) is 4.98 Å². The Hall–Kier alpha value is -1.63. The molecule has 0 spiro atoms. The van der Waals surface area contributed by atoms with Gasteiger partial charge in [-0.1, -0.05) is 11.6 Å². The third kappa shape index (κ3) is 3.10. The summed E-state index contributed by atoms with van der Waals surface area (Å²) >= 11 is 7.05. The molecule has 0 unspecified atom stereocenters. The van der Waals surface area contributed by atoms with Crippen LogP contribution in [0.4, 0.5) is 4.39 Å². The number of carbonyl (C=O) groups is 2. The predicted octanol–water partition coefficient (Wildman–Crippen LogP) is 4.72. The summed E-state index contributed by atoms with van der Waals surface area (Å²) in [5.41, 5.74) is -1.55. The highest BCUT2D eigenvalue weighted by Gasteiger charge is 2.54. The molecule has 0 aliphatic carbocycles. The van der Waals surface area contributed by atoms with Gasteiger partial charge in [-0.3, -0.25) is 9.59 Å². The summed E-state index contributed by atoms with van der Waals surface area (Å²) in [5.74, 6) is -2.19. The van der Waals surface area contributed by atoms with E-state index < -0.39 is 22.9 Å². The monoisotopic (exact) mass is 395 g/mol. The predicted molar refractivity (Wildman–Crippen MR) is 99.3 cm³/mol. The van der Waals surface area contributed by atoms with Crippen LogP contribution in [0.25, 0.3) is 10.6 Å². The first kappa shape index (κ1) is 19.1. The number of nitrogens with zero attached hydrogens (tertiary/aromatic N) is 1. The molecule has 1 fully saturated rings. The van der Waals surface area contributed by atoms with E-state index >= 15 is 0 Å². The molecule has 1 aliphatic heterocycles. The molecule has 0 saturated carbocycles. The maximum atomic E-state index is 14.2. The number of hydrogen-bond acceptors (Lipinski definition) is 5. The Labute approximate surface area is 160 Å². The summed E-state index contributed by atoms with van der Waals surface area (Å²) in [6.45, 7) is 8.38. The van der Waals surface area contributed by atoms with Crippen LogP contribution < -0.4 is 0 Å². The van der Waals surface area contributed by atoms with Gasteiger partial charge >= 0.3 is 0 Å². The highest BCUT2D eigenvalue weighted by molar-refractivity contribution is 7.15. The largest absolute Gasteiger partial charge is 0.354 e. The van der Waals surface area contributed by atoms with E-state index in [1.807, 2.05) is 0 Å². The second kappa shape index (κ2) is 6.22. The van der Waals surface area contributed by atoms with Crippen molar-refractivity contribution in [3.05, 3.63) is 39.6 Å². The second-order valence-electron chi connectivity index (χ2n) is 7.37. The lowest BCUT2D eigenvalue weighted by molar-refractivity contribution is -0.184. The summed E-state index contributed by atoms with van der Waals surface area (Å²) in [7, 11) is 0. The van der Waals surface area contributed by atoms with E-state index in [-0.39, 0.29) is 16.6 Å². The average Bonchev–Trinajstić information content (AvgIpc) is 2.86. The highest BCUT2D eigenvalue weighted by atomic mass is 35.5. The van der Waals surface area contributed by atoms with Crippen molar-refractivity contribution in [3.8, 4) is 10.6 Å². The summed E-state index contributed by atoms with van der Waals surface area (Å²) < 4.78 is 20.0. The third-order valence-electron chi connectivity index (χ3n) is 4.49. The quantitative estimate of drug-likeness (QED) is 0.690. The van der Waals surface area contributed by atoms with Gasteiger partial charge in [0.2, 0.25) is 0 Å². The van der Waals surface area contributed by atoms with Crippen molar-refractivity contribution in [1.29, 1.82) is 0 Å². The fraction of sp³-hybridized carbons (Fsp3) is 0.421. The molecule has 1 aromatic heterocycles. The van der Waals surface area contributed by atoms with Gasteiger partial charge in [-0.05, 0) is 52.8 Å². The molecule has 0 radical (unpaired) electrons. The van der Waals surface area contributed by atoms with E-state index in [1.165, 1.54) is 17.4 Å². The van der Waals surface area contributed by atoms with E-state index in [4.69, 9.17) is 16.3 Å². The SMILES string of the molecule is Cc1sc(-c2ccc(Cl)cc2F)nc1C1C(=O)C(C)(C)OC(C)(C)C1=O. The number of ether oxygens (including phenoxy) is 1. The topological polar surface area (TPSA) is 56.3 Å². The van der Waals surface area contributed by atoms with Crippen LogP contribution in [0.3, 0.4) is 0 Å². The van der Waals surface area contributed by atoms with Gasteiger partial charge in [-0.15, -0.1) is 11.3 Å². The number of rotatable bonds is 2. The number of aromatic nitrogens is 1. The lowest BCUT2D eigenvalue weighted by Crippen LogP contribution is -2.58. The van der Waals surface area contributed by atoms with E-state index in [2.05, 4.69) is 4.98 Å². The van der Waals surface area contributed by atoms with Gasteiger partial charge in [-0.2, -0.15) is 0 Å². The Morgan fingerprint density at radius 1 is 1.15 bits per heavy atom. The first-order chi connectivity index (χ1) is 11.9. The van der Waals surface area contributed by atoms with Gasteiger partial charge in [0, 0.05) is 15.5 Å². The number of benzene rings is 1. The van der Waals surface area contributed by atoms with Crippen molar-refractivity contribution in [2.45, 2.75) is 51.7 Å². The first-order valence-electron chi connectivity index (χ1n) is 8.15. The molecule has 7 heteroatoms. The van der Waals surface area contributed by atoms with Crippen molar-refractivity contribution in [3.63, 3.8) is 0 Å². The molecule has 0 N–H and O–H groups in total. The van der Waals surface area contributed by atoms with Gasteiger partial charge in [0.15, 0.2) is 11.6 Å². The van der Waals surface area contributed by atoms with Crippen LogP contribution in [0, 0.1) is 12.7 Å². The molecule has 1 aromatic carbocycles. The number of halogens is 2. The van der Waals surface area contributed by atoms with Crippen molar-refractivity contribution < 1.29 is 18.7 Å². The van der Waals surface area contributed by atoms with E-state index in [0.717, 1.165) is 0 Å². The van der Waals surface area contributed by atoms with Crippen LogP contribution in [0.2, 0.25) is 5.02 Å². The molecule has 1 aliphatic rings. The Morgan fingerprint density at radius 2 is 1.73 bits per heavy atom. The van der Waals surface area contributed by atoms with Crippen LogP contribution in [0.15, 0.2) is 18.2 Å². The molecule has 138 valence electrons. The van der Waals surface area contributed by atoms with Gasteiger partial charge in [0.1, 0.15) is 27.9 Å². The molecule has 2 aromatic rings. The van der Waals surface area contributed by atoms with Crippen LogP contribution in [0.1, 0.15) is 44.2 Å². The number of aryl methyl sites for hydroxylation is 1. The van der Waals surface area contributed by atoms with Gasteiger partial charge in [0.05, 0.1) is 5.69 Å².